The molecule has 0 amide bonds. The molecular weight excluding hydrogens is 382 g/mol. The SMILES string of the molecule is Cc1nn(C)c2c1nc(CCl)n2-c1c(Cl)cc(F)cc1Br. The smallest absolute Gasteiger partial charge is 0.163 e. The van der Waals surface area contributed by atoms with Gasteiger partial charge in [-0.05, 0) is 35.0 Å². The molecule has 0 atom stereocenters. The molecule has 2 heterocycles. The van der Waals surface area contributed by atoms with Crippen LogP contribution in [0.3, 0.4) is 0 Å². The summed E-state index contributed by atoms with van der Waals surface area (Å²) < 4.78 is 17.5. The Balaban J connectivity index is 2.44. The quantitative estimate of drug-likeness (QED) is 0.608. The van der Waals surface area contributed by atoms with Crippen LogP contribution in [0.1, 0.15) is 11.5 Å². The Morgan fingerprint density at radius 1 is 1.38 bits per heavy atom. The van der Waals surface area contributed by atoms with Crippen LogP contribution in [0.15, 0.2) is 16.6 Å². The number of rotatable bonds is 2. The van der Waals surface area contributed by atoms with Crippen LogP contribution in [0.2, 0.25) is 5.02 Å². The molecule has 0 unspecified atom stereocenters. The summed E-state index contributed by atoms with van der Waals surface area (Å²) in [5.41, 5.74) is 2.91. The molecule has 0 radical (unpaired) electrons. The highest BCUT2D eigenvalue weighted by molar-refractivity contribution is 9.10. The van der Waals surface area contributed by atoms with Gasteiger partial charge in [-0.1, -0.05) is 11.6 Å². The molecule has 3 rings (SSSR count). The van der Waals surface area contributed by atoms with Crippen molar-refractivity contribution in [2.75, 3.05) is 0 Å². The molecule has 21 heavy (non-hydrogen) atoms. The molecular formula is C13H10BrCl2FN4. The molecule has 8 heteroatoms. The molecule has 0 fully saturated rings. The number of aryl methyl sites for hydroxylation is 2. The van der Waals surface area contributed by atoms with Gasteiger partial charge in [0.05, 0.1) is 22.3 Å². The first-order valence-electron chi connectivity index (χ1n) is 6.05. The van der Waals surface area contributed by atoms with Crippen LogP contribution in [-0.4, -0.2) is 19.3 Å². The second-order valence-corrected chi connectivity index (χ2v) is 6.13. The van der Waals surface area contributed by atoms with Gasteiger partial charge in [0.25, 0.3) is 0 Å². The van der Waals surface area contributed by atoms with Crippen molar-refractivity contribution in [1.82, 2.24) is 19.3 Å². The van der Waals surface area contributed by atoms with E-state index in [1.807, 2.05) is 14.0 Å². The van der Waals surface area contributed by atoms with Crippen LogP contribution in [-0.2, 0) is 12.9 Å². The van der Waals surface area contributed by atoms with Gasteiger partial charge in [-0.2, -0.15) is 5.10 Å². The molecule has 0 saturated heterocycles. The van der Waals surface area contributed by atoms with Crippen LogP contribution in [0.25, 0.3) is 16.9 Å². The van der Waals surface area contributed by atoms with Gasteiger partial charge in [0.1, 0.15) is 17.2 Å². The molecule has 2 aromatic heterocycles. The molecule has 0 bridgehead atoms. The Hall–Kier alpha value is -1.11. The fourth-order valence-corrected chi connectivity index (χ4v) is 3.58. The summed E-state index contributed by atoms with van der Waals surface area (Å²) in [6.07, 6.45) is 0. The molecule has 0 spiro atoms. The Morgan fingerprint density at radius 2 is 2.10 bits per heavy atom. The van der Waals surface area contributed by atoms with Gasteiger partial charge in [-0.25, -0.2) is 14.1 Å². The van der Waals surface area contributed by atoms with Gasteiger partial charge in [0.2, 0.25) is 0 Å². The Bertz CT molecular complexity index is 833. The summed E-state index contributed by atoms with van der Waals surface area (Å²) in [4.78, 5) is 4.51. The average Bonchev–Trinajstić information content (AvgIpc) is 2.88. The average molecular weight is 392 g/mol. The maximum absolute atomic E-state index is 13.4. The normalized spacial score (nSPS) is 11.5. The third-order valence-corrected chi connectivity index (χ3v) is 4.33. The van der Waals surface area contributed by atoms with E-state index in [0.29, 0.717) is 16.0 Å². The summed E-state index contributed by atoms with van der Waals surface area (Å²) in [6, 6.07) is 2.61. The first kappa shape index (κ1) is 14.8. The largest absolute Gasteiger partial charge is 0.277 e. The number of imidazole rings is 1. The van der Waals surface area contributed by atoms with Crippen molar-refractivity contribution >= 4 is 50.3 Å². The summed E-state index contributed by atoms with van der Waals surface area (Å²) in [7, 11) is 1.82. The van der Waals surface area contributed by atoms with E-state index in [1.54, 1.807) is 9.25 Å². The highest BCUT2D eigenvalue weighted by atomic mass is 79.9. The Morgan fingerprint density at radius 3 is 2.71 bits per heavy atom. The summed E-state index contributed by atoms with van der Waals surface area (Å²) in [5.74, 6) is 0.409. The minimum atomic E-state index is -0.416. The van der Waals surface area contributed by atoms with Crippen molar-refractivity contribution < 1.29 is 4.39 Å². The van der Waals surface area contributed by atoms with E-state index < -0.39 is 5.82 Å². The number of nitrogens with zero attached hydrogens (tertiary/aromatic N) is 4. The lowest BCUT2D eigenvalue weighted by atomic mass is 10.3. The maximum Gasteiger partial charge on any atom is 0.163 e. The van der Waals surface area contributed by atoms with Crippen molar-refractivity contribution in [1.29, 1.82) is 0 Å². The lowest BCUT2D eigenvalue weighted by molar-refractivity contribution is 0.626. The van der Waals surface area contributed by atoms with E-state index in [0.717, 1.165) is 16.9 Å². The topological polar surface area (TPSA) is 35.6 Å². The molecule has 1 aromatic carbocycles. The van der Waals surface area contributed by atoms with E-state index in [2.05, 4.69) is 26.0 Å². The van der Waals surface area contributed by atoms with Gasteiger partial charge in [0.15, 0.2) is 5.65 Å². The number of aromatic nitrogens is 4. The fourth-order valence-electron chi connectivity index (χ4n) is 2.39. The highest BCUT2D eigenvalue weighted by Crippen LogP contribution is 2.34. The molecule has 0 saturated carbocycles. The predicted molar refractivity (Wildman–Crippen MR) is 84.8 cm³/mol. The number of fused-ring (bicyclic) bond motifs is 1. The van der Waals surface area contributed by atoms with Crippen LogP contribution < -0.4 is 0 Å². The standard InChI is InChI=1S/C13H10BrCl2FN4/c1-6-11-13(20(2)19-6)21(10(5-15)18-11)12-8(14)3-7(17)4-9(12)16/h3-4H,5H2,1-2H3. The van der Waals surface area contributed by atoms with E-state index >= 15 is 0 Å². The lowest BCUT2D eigenvalue weighted by Gasteiger charge is -2.12. The maximum atomic E-state index is 13.4. The van der Waals surface area contributed by atoms with Gasteiger partial charge >= 0.3 is 0 Å². The van der Waals surface area contributed by atoms with Crippen molar-refractivity contribution in [2.24, 2.45) is 7.05 Å². The van der Waals surface area contributed by atoms with E-state index in [9.17, 15) is 4.39 Å². The van der Waals surface area contributed by atoms with E-state index in [1.165, 1.54) is 12.1 Å². The zero-order chi connectivity index (χ0) is 15.3. The van der Waals surface area contributed by atoms with Crippen molar-refractivity contribution in [2.45, 2.75) is 12.8 Å². The minimum absolute atomic E-state index is 0.203. The summed E-state index contributed by atoms with van der Waals surface area (Å²) in [6.45, 7) is 1.87. The molecule has 4 nitrogen and oxygen atoms in total. The molecule has 0 aliphatic carbocycles. The lowest BCUT2D eigenvalue weighted by Crippen LogP contribution is -2.06. The van der Waals surface area contributed by atoms with Crippen LogP contribution >= 0.6 is 39.1 Å². The van der Waals surface area contributed by atoms with Gasteiger partial charge in [-0.3, -0.25) is 4.57 Å². The van der Waals surface area contributed by atoms with Gasteiger partial charge < -0.3 is 0 Å². The third-order valence-electron chi connectivity index (χ3n) is 3.20. The second kappa shape index (κ2) is 5.26. The molecule has 0 N–H and O–H groups in total. The van der Waals surface area contributed by atoms with Gasteiger partial charge in [0, 0.05) is 11.5 Å². The third kappa shape index (κ3) is 2.25. The van der Waals surface area contributed by atoms with Crippen molar-refractivity contribution in [3.05, 3.63) is 39.0 Å². The Kier molecular flexibility index (Phi) is 3.71. The Labute approximate surface area is 138 Å². The van der Waals surface area contributed by atoms with Crippen molar-refractivity contribution in [3.63, 3.8) is 0 Å². The van der Waals surface area contributed by atoms with E-state index in [-0.39, 0.29) is 10.9 Å². The van der Waals surface area contributed by atoms with Crippen LogP contribution in [0.5, 0.6) is 0 Å². The molecule has 0 aliphatic rings. The first-order chi connectivity index (χ1) is 9.93. The van der Waals surface area contributed by atoms with Crippen LogP contribution in [0, 0.1) is 12.7 Å². The summed E-state index contributed by atoms with van der Waals surface area (Å²) in [5, 5.41) is 4.62. The van der Waals surface area contributed by atoms with Crippen molar-refractivity contribution in [3.8, 4) is 5.69 Å². The monoisotopic (exact) mass is 390 g/mol. The zero-order valence-electron chi connectivity index (χ0n) is 11.2. The number of hydrogen-bond donors (Lipinski definition) is 0. The summed E-state index contributed by atoms with van der Waals surface area (Å²) >= 11 is 15.6. The minimum Gasteiger partial charge on any atom is -0.277 e. The fraction of sp³-hybridized carbons (Fsp3) is 0.231. The first-order valence-corrected chi connectivity index (χ1v) is 7.76. The number of alkyl halides is 1. The van der Waals surface area contributed by atoms with Crippen LogP contribution in [0.4, 0.5) is 4.39 Å². The van der Waals surface area contributed by atoms with E-state index in [4.69, 9.17) is 23.2 Å². The number of halogens is 4. The molecule has 0 aliphatic heterocycles. The second-order valence-electron chi connectivity index (χ2n) is 4.60. The molecule has 3 aromatic rings. The highest BCUT2D eigenvalue weighted by Gasteiger charge is 2.21. The predicted octanol–water partition coefficient (Wildman–Crippen LogP) is 4.36. The van der Waals surface area contributed by atoms with Gasteiger partial charge in [-0.15, -0.1) is 11.6 Å². The number of hydrogen-bond acceptors (Lipinski definition) is 2. The zero-order valence-corrected chi connectivity index (χ0v) is 14.3. The molecule has 110 valence electrons. The number of benzene rings is 1.